The van der Waals surface area contributed by atoms with Gasteiger partial charge in [0.2, 0.25) is 0 Å². The Labute approximate surface area is 184 Å². The van der Waals surface area contributed by atoms with Gasteiger partial charge in [-0.3, -0.25) is 4.52 Å². The molecule has 0 aliphatic rings. The lowest BCUT2D eigenvalue weighted by Gasteiger charge is -2.30. The molecule has 6 nitrogen and oxygen atoms in total. The van der Waals surface area contributed by atoms with E-state index >= 15 is 0 Å². The molecule has 0 saturated carbocycles. The number of nitrogens with one attached hydrogen (secondary N) is 2. The number of likely N-dealkylation sites (N-methyl/N-ethyl adjacent to an activating group) is 1. The molecule has 0 saturated heterocycles. The second kappa shape index (κ2) is 12.0. The number of benzene rings is 1. The molecule has 2 aromatic rings. The van der Waals surface area contributed by atoms with Crippen LogP contribution in [0.15, 0.2) is 24.4 Å². The molecule has 1 heterocycles. The zero-order valence-electron chi connectivity index (χ0n) is 20.5. The Hall–Kier alpha value is -1.17. The number of rotatable bonds is 9. The molecule has 30 heavy (non-hydrogen) atoms. The highest BCUT2D eigenvalue weighted by atomic mass is 31.2. The predicted octanol–water partition coefficient (Wildman–Crippen LogP) is 5.09. The first kappa shape index (κ1) is 26.9. The van der Waals surface area contributed by atoms with Crippen LogP contribution < -0.4 is 9.64 Å². The number of hydrogen-bond acceptors (Lipinski definition) is 4. The summed E-state index contributed by atoms with van der Waals surface area (Å²) in [7, 11) is 2.80. The van der Waals surface area contributed by atoms with E-state index in [0.29, 0.717) is 0 Å². The summed E-state index contributed by atoms with van der Waals surface area (Å²) in [6.07, 6.45) is 3.05. The molecule has 0 fully saturated rings. The van der Waals surface area contributed by atoms with Crippen LogP contribution >= 0.6 is 8.60 Å². The third-order valence-electron chi connectivity index (χ3n) is 3.71. The molecule has 1 aromatic heterocycles. The van der Waals surface area contributed by atoms with Crippen LogP contribution in [0.5, 0.6) is 5.75 Å². The first-order valence-electron chi connectivity index (χ1n) is 10.8. The molecule has 0 aliphatic carbocycles. The molecule has 7 heteroatoms. The Balaban J connectivity index is 0.00000218. The van der Waals surface area contributed by atoms with Crippen molar-refractivity contribution in [1.82, 2.24) is 4.98 Å². The summed E-state index contributed by atoms with van der Waals surface area (Å²) in [6, 6.07) is 6.02. The molecule has 0 atom stereocenters. The zero-order valence-corrected chi connectivity index (χ0v) is 21.4. The summed E-state index contributed by atoms with van der Waals surface area (Å²) >= 11 is 0. The van der Waals surface area contributed by atoms with Crippen molar-refractivity contribution >= 4 is 19.5 Å². The molecule has 0 amide bonds. The van der Waals surface area contributed by atoms with Crippen LogP contribution in [0.3, 0.4) is 0 Å². The van der Waals surface area contributed by atoms with Crippen molar-refractivity contribution in [2.75, 3.05) is 27.4 Å². The lowest BCUT2D eigenvalue weighted by molar-refractivity contribution is -0.858. The van der Waals surface area contributed by atoms with Gasteiger partial charge < -0.3 is 23.7 Å². The van der Waals surface area contributed by atoms with Crippen molar-refractivity contribution in [2.24, 2.45) is 0 Å². The summed E-state index contributed by atoms with van der Waals surface area (Å²) in [5.74, 6) is 0.809. The second-order valence-electron chi connectivity index (χ2n) is 9.22. The molecule has 0 aliphatic heterocycles. The standard InChI is InChI=1S/C21H35N2O4P.C2H6/c1-20(2,3)26-28(27-21(4,5)6)25-15-24-18-11-9-10-17-19(18)16(14-22-17)12-13-23(7)8;1-2/h9-11,14,22H,12-13,15H2,1-8H3;1-2H3/p+1. The van der Waals surface area contributed by atoms with Gasteiger partial charge in [0.15, 0.2) is 6.79 Å². The summed E-state index contributed by atoms with van der Waals surface area (Å²) in [5, 5.41) is 1.12. The topological polar surface area (TPSA) is 57.2 Å². The normalized spacial score (nSPS) is 12.4. The van der Waals surface area contributed by atoms with Crippen LogP contribution in [0.2, 0.25) is 0 Å². The summed E-state index contributed by atoms with van der Waals surface area (Å²) in [6.45, 7) is 17.0. The van der Waals surface area contributed by atoms with E-state index in [9.17, 15) is 0 Å². The van der Waals surface area contributed by atoms with Crippen LogP contribution in [0.4, 0.5) is 0 Å². The molecule has 2 rings (SSSR count). The van der Waals surface area contributed by atoms with Crippen molar-refractivity contribution < 1.29 is 23.2 Å². The van der Waals surface area contributed by atoms with Crippen molar-refractivity contribution in [3.05, 3.63) is 30.0 Å². The van der Waals surface area contributed by atoms with Gasteiger partial charge in [-0.15, -0.1) is 0 Å². The van der Waals surface area contributed by atoms with E-state index in [1.165, 1.54) is 10.5 Å². The average Bonchev–Trinajstić information content (AvgIpc) is 3.03. The molecule has 0 bridgehead atoms. The Morgan fingerprint density at radius 3 is 2.10 bits per heavy atom. The maximum absolute atomic E-state index is 5.99. The van der Waals surface area contributed by atoms with Gasteiger partial charge in [-0.2, -0.15) is 0 Å². The average molecular weight is 442 g/mol. The molecule has 0 unspecified atom stereocenters. The van der Waals surface area contributed by atoms with Crippen LogP contribution in [-0.2, 0) is 20.0 Å². The van der Waals surface area contributed by atoms with Crippen LogP contribution in [0, 0.1) is 0 Å². The van der Waals surface area contributed by atoms with Gasteiger partial charge in [-0.1, -0.05) is 19.9 Å². The van der Waals surface area contributed by atoms with Crippen LogP contribution in [0.25, 0.3) is 10.9 Å². The fourth-order valence-electron chi connectivity index (χ4n) is 2.57. The molecule has 1 aromatic carbocycles. The van der Waals surface area contributed by atoms with E-state index < -0.39 is 8.60 Å². The first-order chi connectivity index (χ1) is 13.9. The van der Waals surface area contributed by atoms with Crippen molar-refractivity contribution in [3.63, 3.8) is 0 Å². The van der Waals surface area contributed by atoms with E-state index in [1.54, 1.807) is 0 Å². The van der Waals surface area contributed by atoms with E-state index in [2.05, 4.69) is 31.3 Å². The smallest absolute Gasteiger partial charge is 0.336 e. The number of ether oxygens (including phenoxy) is 1. The molecule has 0 spiro atoms. The highest BCUT2D eigenvalue weighted by Gasteiger charge is 2.27. The Morgan fingerprint density at radius 1 is 0.967 bits per heavy atom. The quantitative estimate of drug-likeness (QED) is 0.420. The van der Waals surface area contributed by atoms with Crippen molar-refractivity contribution in [2.45, 2.75) is 73.0 Å². The number of aromatic nitrogens is 1. The summed E-state index contributed by atoms with van der Waals surface area (Å²) < 4.78 is 23.7. The molecule has 2 N–H and O–H groups in total. The highest BCUT2D eigenvalue weighted by Crippen LogP contribution is 2.47. The molecular formula is C23H42N2O4P+. The minimum atomic E-state index is -1.52. The summed E-state index contributed by atoms with van der Waals surface area (Å²) in [4.78, 5) is 4.76. The maximum Gasteiger partial charge on any atom is 0.336 e. The number of H-pyrrole nitrogens is 1. The third kappa shape index (κ3) is 9.76. The molecular weight excluding hydrogens is 399 g/mol. The first-order valence-corrected chi connectivity index (χ1v) is 11.9. The molecule has 172 valence electrons. The van der Waals surface area contributed by atoms with Gasteiger partial charge in [-0.05, 0) is 59.2 Å². The predicted molar refractivity (Wildman–Crippen MR) is 126 cm³/mol. The van der Waals surface area contributed by atoms with E-state index in [0.717, 1.165) is 29.6 Å². The SMILES string of the molecule is CC.C[NH+](C)CCc1c[nH]c2cccc(OCOP(OC(C)(C)C)OC(C)(C)C)c12. The number of hydrogen-bond donors (Lipinski definition) is 2. The second-order valence-corrected chi connectivity index (χ2v) is 10.3. The van der Waals surface area contributed by atoms with Crippen LogP contribution in [-0.4, -0.2) is 43.6 Å². The van der Waals surface area contributed by atoms with E-state index in [1.807, 2.05) is 67.5 Å². The van der Waals surface area contributed by atoms with Gasteiger partial charge in [0.1, 0.15) is 5.75 Å². The van der Waals surface area contributed by atoms with Crippen molar-refractivity contribution in [3.8, 4) is 5.75 Å². The number of aromatic amines is 1. The third-order valence-corrected chi connectivity index (χ3v) is 5.42. The fraction of sp³-hybridized carbons (Fsp3) is 0.652. The van der Waals surface area contributed by atoms with Gasteiger partial charge in [0.05, 0.1) is 31.8 Å². The van der Waals surface area contributed by atoms with Crippen LogP contribution in [0.1, 0.15) is 61.0 Å². The molecule has 0 radical (unpaired) electrons. The Bertz CT molecular complexity index is 732. The largest absolute Gasteiger partial charge is 0.466 e. The van der Waals surface area contributed by atoms with Gasteiger partial charge in [-0.25, -0.2) is 0 Å². The van der Waals surface area contributed by atoms with Gasteiger partial charge in [0, 0.05) is 23.5 Å². The fourth-order valence-corrected chi connectivity index (χ4v) is 3.75. The zero-order chi connectivity index (χ0) is 22.9. The number of quaternary nitrogens is 1. The lowest BCUT2D eigenvalue weighted by Crippen LogP contribution is -3.05. The lowest BCUT2D eigenvalue weighted by atomic mass is 10.1. The van der Waals surface area contributed by atoms with Gasteiger partial charge >= 0.3 is 8.60 Å². The minimum absolute atomic E-state index is 0.0700. The van der Waals surface area contributed by atoms with Gasteiger partial charge in [0.25, 0.3) is 0 Å². The monoisotopic (exact) mass is 441 g/mol. The van der Waals surface area contributed by atoms with E-state index in [-0.39, 0.29) is 18.0 Å². The van der Waals surface area contributed by atoms with E-state index in [4.69, 9.17) is 18.3 Å². The highest BCUT2D eigenvalue weighted by molar-refractivity contribution is 7.41. The Morgan fingerprint density at radius 2 is 1.57 bits per heavy atom. The maximum atomic E-state index is 5.99. The summed E-state index contributed by atoms with van der Waals surface area (Å²) in [5.41, 5.74) is 1.60. The number of fused-ring (bicyclic) bond motifs is 1. The Kier molecular flexibility index (Phi) is 10.8. The van der Waals surface area contributed by atoms with Crippen molar-refractivity contribution in [1.29, 1.82) is 0 Å². The minimum Gasteiger partial charge on any atom is -0.466 e.